The summed E-state index contributed by atoms with van der Waals surface area (Å²) in [5.41, 5.74) is 3.23. The Bertz CT molecular complexity index is 760. The fourth-order valence-corrected chi connectivity index (χ4v) is 4.08. The number of carbonyl (C=O) groups is 1. The van der Waals surface area contributed by atoms with Crippen LogP contribution in [0.25, 0.3) is 11.3 Å². The summed E-state index contributed by atoms with van der Waals surface area (Å²) < 4.78 is 0. The molecule has 2 fully saturated rings. The van der Waals surface area contributed by atoms with E-state index in [1.165, 1.54) is 18.4 Å². The second-order valence-electron chi connectivity index (χ2n) is 7.39. The molecule has 1 aliphatic heterocycles. The SMILES string of the molecule is Cc1ccccc1-c1ccc(N2CCN(C(=O)C3CCCC3)CC2)nn1. The van der Waals surface area contributed by atoms with Gasteiger partial charge in [0.15, 0.2) is 5.82 Å². The van der Waals surface area contributed by atoms with Gasteiger partial charge in [-0.3, -0.25) is 4.79 Å². The molecule has 2 heterocycles. The first kappa shape index (κ1) is 17.0. The third kappa shape index (κ3) is 3.43. The third-order valence-corrected chi connectivity index (χ3v) is 5.69. The van der Waals surface area contributed by atoms with Gasteiger partial charge in [-0.05, 0) is 37.5 Å². The van der Waals surface area contributed by atoms with Crippen molar-refractivity contribution in [1.82, 2.24) is 15.1 Å². The molecular formula is C21H26N4O. The van der Waals surface area contributed by atoms with E-state index >= 15 is 0 Å². The molecule has 0 spiro atoms. The summed E-state index contributed by atoms with van der Waals surface area (Å²) >= 11 is 0. The van der Waals surface area contributed by atoms with Crippen molar-refractivity contribution in [3.8, 4) is 11.3 Å². The van der Waals surface area contributed by atoms with Crippen molar-refractivity contribution in [3.63, 3.8) is 0 Å². The molecule has 0 N–H and O–H groups in total. The van der Waals surface area contributed by atoms with E-state index in [4.69, 9.17) is 0 Å². The average molecular weight is 350 g/mol. The van der Waals surface area contributed by atoms with E-state index in [9.17, 15) is 4.79 Å². The second-order valence-corrected chi connectivity index (χ2v) is 7.39. The zero-order valence-electron chi connectivity index (χ0n) is 15.4. The molecule has 0 radical (unpaired) electrons. The van der Waals surface area contributed by atoms with Crippen LogP contribution in [0.2, 0.25) is 0 Å². The van der Waals surface area contributed by atoms with Crippen molar-refractivity contribution in [2.75, 3.05) is 31.1 Å². The highest BCUT2D eigenvalue weighted by atomic mass is 16.2. The average Bonchev–Trinajstić information content (AvgIpc) is 3.23. The molecule has 1 saturated carbocycles. The summed E-state index contributed by atoms with van der Waals surface area (Å²) in [4.78, 5) is 16.8. The minimum absolute atomic E-state index is 0.273. The van der Waals surface area contributed by atoms with Gasteiger partial charge in [-0.15, -0.1) is 10.2 Å². The van der Waals surface area contributed by atoms with Crippen LogP contribution in [0.5, 0.6) is 0 Å². The van der Waals surface area contributed by atoms with Gasteiger partial charge in [0.2, 0.25) is 5.91 Å². The third-order valence-electron chi connectivity index (χ3n) is 5.69. The van der Waals surface area contributed by atoms with Crippen LogP contribution in [-0.2, 0) is 4.79 Å². The Morgan fingerprint density at radius 1 is 0.962 bits per heavy atom. The molecule has 1 aromatic heterocycles. The first-order valence-electron chi connectivity index (χ1n) is 9.66. The van der Waals surface area contributed by atoms with Crippen LogP contribution in [0, 0.1) is 12.8 Å². The summed E-state index contributed by atoms with van der Waals surface area (Å²) in [5.74, 6) is 1.54. The van der Waals surface area contributed by atoms with Gasteiger partial charge in [-0.2, -0.15) is 0 Å². The lowest BCUT2D eigenvalue weighted by molar-refractivity contribution is -0.135. The predicted octanol–water partition coefficient (Wildman–Crippen LogP) is 3.29. The molecule has 1 amide bonds. The lowest BCUT2D eigenvalue weighted by Gasteiger charge is -2.36. The Hall–Kier alpha value is -2.43. The number of aryl methyl sites for hydroxylation is 1. The molecule has 1 saturated heterocycles. The number of amides is 1. The van der Waals surface area contributed by atoms with Gasteiger partial charge in [0, 0.05) is 37.7 Å². The smallest absolute Gasteiger partial charge is 0.225 e. The van der Waals surface area contributed by atoms with Gasteiger partial charge in [0.05, 0.1) is 5.69 Å². The molecule has 26 heavy (non-hydrogen) atoms. The van der Waals surface area contributed by atoms with Gasteiger partial charge in [-0.1, -0.05) is 37.1 Å². The first-order valence-corrected chi connectivity index (χ1v) is 9.66. The molecule has 2 aromatic rings. The van der Waals surface area contributed by atoms with Crippen LogP contribution < -0.4 is 4.90 Å². The van der Waals surface area contributed by atoms with E-state index in [0.717, 1.165) is 56.1 Å². The van der Waals surface area contributed by atoms with E-state index in [0.29, 0.717) is 5.91 Å². The van der Waals surface area contributed by atoms with Crippen LogP contribution in [0.4, 0.5) is 5.82 Å². The van der Waals surface area contributed by atoms with Crippen LogP contribution in [-0.4, -0.2) is 47.2 Å². The summed E-state index contributed by atoms with van der Waals surface area (Å²) in [5, 5.41) is 8.87. The van der Waals surface area contributed by atoms with Crippen molar-refractivity contribution in [2.45, 2.75) is 32.6 Å². The Balaban J connectivity index is 1.39. The van der Waals surface area contributed by atoms with Gasteiger partial charge >= 0.3 is 0 Å². The van der Waals surface area contributed by atoms with E-state index in [2.05, 4.69) is 34.2 Å². The van der Waals surface area contributed by atoms with Crippen LogP contribution in [0.3, 0.4) is 0 Å². The number of hydrogen-bond acceptors (Lipinski definition) is 4. The Kier molecular flexibility index (Phi) is 4.87. The zero-order valence-corrected chi connectivity index (χ0v) is 15.4. The Labute approximate surface area is 155 Å². The van der Waals surface area contributed by atoms with E-state index < -0.39 is 0 Å². The Morgan fingerprint density at radius 3 is 2.35 bits per heavy atom. The van der Waals surface area contributed by atoms with Crippen molar-refractivity contribution >= 4 is 11.7 Å². The molecule has 1 aromatic carbocycles. The molecule has 5 nitrogen and oxygen atoms in total. The fourth-order valence-electron chi connectivity index (χ4n) is 4.08. The maximum Gasteiger partial charge on any atom is 0.225 e. The van der Waals surface area contributed by atoms with Gasteiger partial charge in [0.1, 0.15) is 0 Å². The number of hydrogen-bond donors (Lipinski definition) is 0. The number of carbonyl (C=O) groups excluding carboxylic acids is 1. The molecule has 1 aliphatic carbocycles. The summed E-state index contributed by atoms with van der Waals surface area (Å²) in [6, 6.07) is 12.3. The second kappa shape index (κ2) is 7.44. The van der Waals surface area contributed by atoms with Gasteiger partial charge in [-0.25, -0.2) is 0 Å². The molecule has 4 rings (SSSR count). The standard InChI is InChI=1S/C21H26N4O/c1-16-6-2-5-9-18(16)19-10-11-20(23-22-19)24-12-14-25(15-13-24)21(26)17-7-3-4-8-17/h2,5-6,9-11,17H,3-4,7-8,12-15H2,1H3. The molecule has 2 aliphatic rings. The monoisotopic (exact) mass is 350 g/mol. The minimum Gasteiger partial charge on any atom is -0.352 e. The Morgan fingerprint density at radius 2 is 1.69 bits per heavy atom. The van der Waals surface area contributed by atoms with Crippen molar-refractivity contribution in [2.24, 2.45) is 5.92 Å². The maximum absolute atomic E-state index is 12.6. The van der Waals surface area contributed by atoms with E-state index in [1.807, 2.05) is 29.2 Å². The van der Waals surface area contributed by atoms with Crippen molar-refractivity contribution < 1.29 is 4.79 Å². The highest BCUT2D eigenvalue weighted by Gasteiger charge is 2.29. The predicted molar refractivity (Wildman–Crippen MR) is 103 cm³/mol. The van der Waals surface area contributed by atoms with Gasteiger partial charge < -0.3 is 9.80 Å². The summed E-state index contributed by atoms with van der Waals surface area (Å²) in [7, 11) is 0. The highest BCUT2D eigenvalue weighted by molar-refractivity contribution is 5.79. The maximum atomic E-state index is 12.6. The summed E-state index contributed by atoms with van der Waals surface area (Å²) in [6.07, 6.45) is 4.56. The normalized spacial score (nSPS) is 18.3. The van der Waals surface area contributed by atoms with E-state index in [1.54, 1.807) is 0 Å². The van der Waals surface area contributed by atoms with Crippen molar-refractivity contribution in [3.05, 3.63) is 42.0 Å². The van der Waals surface area contributed by atoms with Crippen LogP contribution >= 0.6 is 0 Å². The number of rotatable bonds is 3. The number of aromatic nitrogens is 2. The fraction of sp³-hybridized carbons (Fsp3) is 0.476. The lowest BCUT2D eigenvalue weighted by Crippen LogP contribution is -2.50. The summed E-state index contributed by atoms with van der Waals surface area (Å²) in [6.45, 7) is 5.33. The molecule has 5 heteroatoms. The first-order chi connectivity index (χ1) is 12.7. The minimum atomic E-state index is 0.273. The number of piperazine rings is 1. The van der Waals surface area contributed by atoms with Crippen LogP contribution in [0.15, 0.2) is 36.4 Å². The lowest BCUT2D eigenvalue weighted by atomic mass is 10.1. The quantitative estimate of drug-likeness (QED) is 0.852. The zero-order chi connectivity index (χ0) is 17.9. The molecule has 136 valence electrons. The molecule has 0 bridgehead atoms. The number of anilines is 1. The van der Waals surface area contributed by atoms with Gasteiger partial charge in [0.25, 0.3) is 0 Å². The topological polar surface area (TPSA) is 49.3 Å². The molecule has 0 unspecified atom stereocenters. The largest absolute Gasteiger partial charge is 0.352 e. The van der Waals surface area contributed by atoms with Crippen molar-refractivity contribution in [1.29, 1.82) is 0 Å². The molecule has 0 atom stereocenters. The van der Waals surface area contributed by atoms with Crippen LogP contribution in [0.1, 0.15) is 31.2 Å². The van der Waals surface area contributed by atoms with E-state index in [-0.39, 0.29) is 5.92 Å². The molecular weight excluding hydrogens is 324 g/mol. The highest BCUT2D eigenvalue weighted by Crippen LogP contribution is 2.27. The number of nitrogens with zero attached hydrogens (tertiary/aromatic N) is 4. The number of benzene rings is 1.